The SMILES string of the molecule is NC1=N[C@]2(CC(=O)N1C1CCOCC1)Cc1c(Nc3cnccc3C(F)(F)F)cccc12. The Hall–Kier alpha value is -3.14. The van der Waals surface area contributed by atoms with E-state index in [1.54, 1.807) is 17.0 Å². The first-order valence-electron chi connectivity index (χ1n) is 10.4. The molecule has 0 radical (unpaired) electrons. The van der Waals surface area contributed by atoms with Gasteiger partial charge in [-0.2, -0.15) is 13.2 Å². The number of carbonyl (C=O) groups is 1. The van der Waals surface area contributed by atoms with Gasteiger partial charge in [-0.3, -0.25) is 14.7 Å². The number of benzene rings is 1. The molecular weight excluding hydrogens is 423 g/mol. The van der Waals surface area contributed by atoms with Crippen LogP contribution in [0.3, 0.4) is 0 Å². The first-order valence-corrected chi connectivity index (χ1v) is 10.4. The molecular formula is C22H22F3N5O2. The summed E-state index contributed by atoms with van der Waals surface area (Å²) in [6, 6.07) is 6.23. The van der Waals surface area contributed by atoms with Crippen molar-refractivity contribution in [3.8, 4) is 0 Å². The zero-order valence-electron chi connectivity index (χ0n) is 17.2. The van der Waals surface area contributed by atoms with Crippen LogP contribution in [0.1, 0.15) is 36.0 Å². The Bertz CT molecular complexity index is 1100. The summed E-state index contributed by atoms with van der Waals surface area (Å²) in [4.78, 5) is 23.1. The molecule has 3 heterocycles. The van der Waals surface area contributed by atoms with Gasteiger partial charge in [0.25, 0.3) is 0 Å². The maximum absolute atomic E-state index is 13.4. The quantitative estimate of drug-likeness (QED) is 0.756. The fraction of sp³-hybridized carbons (Fsp3) is 0.409. The minimum absolute atomic E-state index is 0.0173. The topological polar surface area (TPSA) is 92.8 Å². The molecule has 1 amide bonds. The van der Waals surface area contributed by atoms with Crippen LogP contribution in [0.2, 0.25) is 0 Å². The van der Waals surface area contributed by atoms with Crippen molar-refractivity contribution in [3.63, 3.8) is 0 Å². The molecule has 32 heavy (non-hydrogen) atoms. The van der Waals surface area contributed by atoms with E-state index in [2.05, 4.69) is 10.3 Å². The molecule has 2 aliphatic heterocycles. The number of ether oxygens (including phenoxy) is 1. The molecule has 7 nitrogen and oxygen atoms in total. The van der Waals surface area contributed by atoms with Crippen LogP contribution in [0.5, 0.6) is 0 Å². The van der Waals surface area contributed by atoms with E-state index < -0.39 is 17.3 Å². The summed E-state index contributed by atoms with van der Waals surface area (Å²) in [5.74, 6) is 0.115. The lowest BCUT2D eigenvalue weighted by Gasteiger charge is -2.47. The van der Waals surface area contributed by atoms with E-state index in [1.807, 2.05) is 6.07 Å². The molecule has 0 saturated carbocycles. The molecule has 3 aliphatic rings. The van der Waals surface area contributed by atoms with E-state index in [1.165, 1.54) is 0 Å². The number of nitrogens with two attached hydrogens (primary N) is 1. The van der Waals surface area contributed by atoms with Crippen molar-refractivity contribution in [3.05, 3.63) is 53.3 Å². The zero-order valence-corrected chi connectivity index (χ0v) is 17.2. The smallest absolute Gasteiger partial charge is 0.381 e. The summed E-state index contributed by atoms with van der Waals surface area (Å²) in [5.41, 5.74) is 6.73. The Morgan fingerprint density at radius 2 is 1.94 bits per heavy atom. The van der Waals surface area contributed by atoms with Crippen LogP contribution in [0, 0.1) is 0 Å². The molecule has 1 aliphatic carbocycles. The average molecular weight is 445 g/mol. The predicted molar refractivity (Wildman–Crippen MR) is 111 cm³/mol. The van der Waals surface area contributed by atoms with E-state index in [4.69, 9.17) is 15.5 Å². The first-order chi connectivity index (χ1) is 15.3. The summed E-state index contributed by atoms with van der Waals surface area (Å²) < 4.78 is 45.4. The van der Waals surface area contributed by atoms with Crippen molar-refractivity contribution in [2.45, 2.75) is 43.4 Å². The van der Waals surface area contributed by atoms with E-state index in [0.29, 0.717) is 38.2 Å². The van der Waals surface area contributed by atoms with Crippen molar-refractivity contribution >= 4 is 23.2 Å². The molecule has 2 aromatic rings. The lowest BCUT2D eigenvalue weighted by atomic mass is 9.67. The summed E-state index contributed by atoms with van der Waals surface area (Å²) in [5, 5.41) is 2.87. The number of carbonyl (C=O) groups excluding carboxylic acids is 1. The van der Waals surface area contributed by atoms with Gasteiger partial charge in [-0.05, 0) is 36.1 Å². The van der Waals surface area contributed by atoms with Crippen LogP contribution in [0.25, 0.3) is 0 Å². The van der Waals surface area contributed by atoms with Gasteiger partial charge in [0.05, 0.1) is 23.9 Å². The number of nitrogens with one attached hydrogen (secondary N) is 1. The summed E-state index contributed by atoms with van der Waals surface area (Å²) in [6.07, 6.45) is -0.206. The third-order valence-corrected chi connectivity index (χ3v) is 6.39. The normalized spacial score (nSPS) is 23.5. The monoisotopic (exact) mass is 445 g/mol. The van der Waals surface area contributed by atoms with Gasteiger partial charge in [0.15, 0.2) is 5.96 Å². The van der Waals surface area contributed by atoms with Gasteiger partial charge >= 0.3 is 6.18 Å². The average Bonchev–Trinajstić information content (AvgIpc) is 2.74. The molecule has 0 bridgehead atoms. The van der Waals surface area contributed by atoms with Crippen molar-refractivity contribution < 1.29 is 22.7 Å². The van der Waals surface area contributed by atoms with Gasteiger partial charge in [0.2, 0.25) is 5.91 Å². The molecule has 10 heteroatoms. The van der Waals surface area contributed by atoms with Crippen LogP contribution in [-0.2, 0) is 27.7 Å². The number of alkyl halides is 3. The minimum Gasteiger partial charge on any atom is -0.381 e. The highest BCUT2D eigenvalue weighted by Crippen LogP contribution is 2.50. The first kappa shape index (κ1) is 20.7. The van der Waals surface area contributed by atoms with Gasteiger partial charge in [0, 0.05) is 37.6 Å². The number of anilines is 2. The van der Waals surface area contributed by atoms with Crippen LogP contribution in [0.15, 0.2) is 41.7 Å². The second-order valence-corrected chi connectivity index (χ2v) is 8.34. The lowest BCUT2D eigenvalue weighted by Crippen LogP contribution is -2.58. The van der Waals surface area contributed by atoms with E-state index >= 15 is 0 Å². The number of aromatic nitrogens is 1. The van der Waals surface area contributed by atoms with Crippen molar-refractivity contribution in [1.29, 1.82) is 0 Å². The maximum atomic E-state index is 13.4. The summed E-state index contributed by atoms with van der Waals surface area (Å²) >= 11 is 0. The molecule has 1 atom stereocenters. The van der Waals surface area contributed by atoms with Gasteiger partial charge in [-0.15, -0.1) is 0 Å². The highest BCUT2D eigenvalue weighted by molar-refractivity contribution is 6.00. The molecule has 1 aromatic carbocycles. The largest absolute Gasteiger partial charge is 0.418 e. The number of hydrogen-bond acceptors (Lipinski definition) is 6. The fourth-order valence-corrected chi connectivity index (χ4v) is 4.86. The Morgan fingerprint density at radius 3 is 2.66 bits per heavy atom. The number of guanidine groups is 1. The summed E-state index contributed by atoms with van der Waals surface area (Å²) in [7, 11) is 0. The van der Waals surface area contributed by atoms with E-state index in [9.17, 15) is 18.0 Å². The molecule has 1 spiro atoms. The molecule has 1 aromatic heterocycles. The molecule has 5 rings (SSSR count). The van der Waals surface area contributed by atoms with Crippen LogP contribution in [-0.4, -0.2) is 41.0 Å². The number of rotatable bonds is 3. The number of pyridine rings is 1. The lowest BCUT2D eigenvalue weighted by molar-refractivity contribution is -0.137. The van der Waals surface area contributed by atoms with E-state index in [0.717, 1.165) is 29.6 Å². The van der Waals surface area contributed by atoms with Crippen molar-refractivity contribution in [1.82, 2.24) is 9.88 Å². The third-order valence-electron chi connectivity index (χ3n) is 6.39. The molecule has 1 saturated heterocycles. The fourth-order valence-electron chi connectivity index (χ4n) is 4.86. The standard InChI is InChI=1S/C22H22F3N5O2/c23-22(24,25)16-4-7-27-12-18(16)28-17-3-1-2-15-14(17)10-21(15)11-19(31)30(20(26)29-21)13-5-8-32-9-6-13/h1-4,7,12-13,28H,5-6,8-11H2,(H2,26,29)/t21-/m0/s1. The van der Waals surface area contributed by atoms with Gasteiger partial charge in [-0.1, -0.05) is 12.1 Å². The maximum Gasteiger partial charge on any atom is 0.418 e. The zero-order chi connectivity index (χ0) is 22.5. The number of halogens is 3. The Morgan fingerprint density at radius 1 is 1.16 bits per heavy atom. The number of nitrogens with zero attached hydrogens (tertiary/aromatic N) is 3. The molecule has 0 unspecified atom stereocenters. The van der Waals surface area contributed by atoms with Crippen molar-refractivity contribution in [2.24, 2.45) is 10.7 Å². The van der Waals surface area contributed by atoms with Gasteiger partial charge < -0.3 is 15.8 Å². The van der Waals surface area contributed by atoms with Crippen LogP contribution >= 0.6 is 0 Å². The van der Waals surface area contributed by atoms with Gasteiger partial charge in [-0.25, -0.2) is 4.99 Å². The third kappa shape index (κ3) is 3.38. The van der Waals surface area contributed by atoms with E-state index in [-0.39, 0.29) is 30.0 Å². The van der Waals surface area contributed by atoms with Crippen LogP contribution in [0.4, 0.5) is 24.5 Å². The number of fused-ring (bicyclic) bond motifs is 2. The number of aliphatic imine (C=N–C) groups is 1. The highest BCUT2D eigenvalue weighted by Gasteiger charge is 2.50. The molecule has 168 valence electrons. The minimum atomic E-state index is -4.50. The molecule has 3 N–H and O–H groups in total. The second-order valence-electron chi connectivity index (χ2n) is 8.34. The second kappa shape index (κ2) is 7.47. The predicted octanol–water partition coefficient (Wildman–Crippen LogP) is 3.32. The number of hydrogen-bond donors (Lipinski definition) is 2. The highest BCUT2D eigenvalue weighted by atomic mass is 19.4. The Kier molecular flexibility index (Phi) is 4.85. The summed E-state index contributed by atoms with van der Waals surface area (Å²) in [6.45, 7) is 1.16. The van der Waals surface area contributed by atoms with Crippen LogP contribution < -0.4 is 11.1 Å². The van der Waals surface area contributed by atoms with Gasteiger partial charge in [0.1, 0.15) is 5.54 Å². The molecule has 1 fully saturated rings. The number of amides is 1. The van der Waals surface area contributed by atoms with Crippen molar-refractivity contribution in [2.75, 3.05) is 18.5 Å². The Balaban J connectivity index is 1.44. The Labute approximate surface area is 182 Å².